The van der Waals surface area contributed by atoms with Crippen LogP contribution in [0.2, 0.25) is 0 Å². The Kier molecular flexibility index (Phi) is 6.30. The third-order valence-corrected chi connectivity index (χ3v) is 1.93. The second kappa shape index (κ2) is 7.91. The zero-order chi connectivity index (χ0) is 11.6. The van der Waals surface area contributed by atoms with Gasteiger partial charge in [-0.2, -0.15) is 0 Å². The molecule has 0 aliphatic rings. The van der Waals surface area contributed by atoms with E-state index in [4.69, 9.17) is 14.2 Å². The van der Waals surface area contributed by atoms with E-state index in [1.807, 2.05) is 31.2 Å². The first-order valence-corrected chi connectivity index (χ1v) is 5.35. The SMILES string of the molecule is C=CCOc1ccc(COCOCC)cc1. The summed E-state index contributed by atoms with van der Waals surface area (Å²) in [5.74, 6) is 0.841. The maximum absolute atomic E-state index is 5.37. The molecule has 0 amide bonds. The van der Waals surface area contributed by atoms with Crippen LogP contribution in [0.25, 0.3) is 0 Å². The summed E-state index contributed by atoms with van der Waals surface area (Å²) in [4.78, 5) is 0. The predicted octanol–water partition coefficient (Wildman–Crippen LogP) is 2.76. The van der Waals surface area contributed by atoms with Crippen molar-refractivity contribution in [3.63, 3.8) is 0 Å². The van der Waals surface area contributed by atoms with Crippen LogP contribution < -0.4 is 4.74 Å². The molecule has 88 valence electrons. The van der Waals surface area contributed by atoms with Crippen LogP contribution in [0, 0.1) is 0 Å². The monoisotopic (exact) mass is 222 g/mol. The van der Waals surface area contributed by atoms with Crippen molar-refractivity contribution in [2.75, 3.05) is 20.0 Å². The highest BCUT2D eigenvalue weighted by molar-refractivity contribution is 5.26. The van der Waals surface area contributed by atoms with Gasteiger partial charge >= 0.3 is 0 Å². The fourth-order valence-corrected chi connectivity index (χ4v) is 1.14. The van der Waals surface area contributed by atoms with Crippen LogP contribution in [-0.2, 0) is 16.1 Å². The number of rotatable bonds is 8. The van der Waals surface area contributed by atoms with Gasteiger partial charge in [-0.05, 0) is 24.6 Å². The molecule has 0 unspecified atom stereocenters. The van der Waals surface area contributed by atoms with Gasteiger partial charge in [-0.1, -0.05) is 24.8 Å². The first-order valence-electron chi connectivity index (χ1n) is 5.35. The van der Waals surface area contributed by atoms with Gasteiger partial charge in [0.15, 0.2) is 0 Å². The van der Waals surface area contributed by atoms with Crippen molar-refractivity contribution < 1.29 is 14.2 Å². The van der Waals surface area contributed by atoms with Gasteiger partial charge in [0.1, 0.15) is 19.1 Å². The normalized spacial score (nSPS) is 10.1. The van der Waals surface area contributed by atoms with Crippen LogP contribution in [0.5, 0.6) is 5.75 Å². The van der Waals surface area contributed by atoms with Crippen LogP contribution in [0.15, 0.2) is 36.9 Å². The largest absolute Gasteiger partial charge is 0.490 e. The summed E-state index contributed by atoms with van der Waals surface area (Å²) in [6.45, 7) is 7.63. The number of ether oxygens (including phenoxy) is 3. The molecule has 0 aliphatic carbocycles. The highest BCUT2D eigenvalue weighted by Gasteiger charge is 1.95. The second-order valence-electron chi connectivity index (χ2n) is 3.20. The maximum Gasteiger partial charge on any atom is 0.147 e. The lowest BCUT2D eigenvalue weighted by atomic mass is 10.2. The van der Waals surface area contributed by atoms with E-state index in [9.17, 15) is 0 Å². The molecule has 0 saturated heterocycles. The van der Waals surface area contributed by atoms with E-state index in [1.54, 1.807) is 6.08 Å². The molecule has 3 heteroatoms. The second-order valence-corrected chi connectivity index (χ2v) is 3.20. The summed E-state index contributed by atoms with van der Waals surface area (Å²) in [7, 11) is 0. The van der Waals surface area contributed by atoms with E-state index >= 15 is 0 Å². The molecule has 0 saturated carbocycles. The molecule has 0 bridgehead atoms. The van der Waals surface area contributed by atoms with E-state index in [0.717, 1.165) is 11.3 Å². The third kappa shape index (κ3) is 4.96. The zero-order valence-electron chi connectivity index (χ0n) is 9.65. The summed E-state index contributed by atoms with van der Waals surface area (Å²) in [5, 5.41) is 0. The quantitative estimate of drug-likeness (QED) is 0.384. The van der Waals surface area contributed by atoms with Gasteiger partial charge in [0.25, 0.3) is 0 Å². The molecule has 0 atom stereocenters. The van der Waals surface area contributed by atoms with Crippen molar-refractivity contribution in [2.24, 2.45) is 0 Å². The lowest BCUT2D eigenvalue weighted by Crippen LogP contribution is -1.99. The van der Waals surface area contributed by atoms with Gasteiger partial charge in [-0.3, -0.25) is 0 Å². The van der Waals surface area contributed by atoms with Crippen LogP contribution in [0.3, 0.4) is 0 Å². The summed E-state index contributed by atoms with van der Waals surface area (Å²) in [6.07, 6.45) is 1.72. The minimum Gasteiger partial charge on any atom is -0.490 e. The third-order valence-electron chi connectivity index (χ3n) is 1.93. The summed E-state index contributed by atoms with van der Waals surface area (Å²) < 4.78 is 15.7. The van der Waals surface area contributed by atoms with E-state index < -0.39 is 0 Å². The average Bonchev–Trinajstić information content (AvgIpc) is 2.33. The molecule has 1 rings (SSSR count). The Balaban J connectivity index is 2.30. The van der Waals surface area contributed by atoms with Gasteiger partial charge < -0.3 is 14.2 Å². The molecule has 0 heterocycles. The highest BCUT2D eigenvalue weighted by atomic mass is 16.7. The van der Waals surface area contributed by atoms with Gasteiger partial charge in [-0.15, -0.1) is 0 Å². The molecule has 1 aromatic rings. The minimum absolute atomic E-state index is 0.339. The molecular weight excluding hydrogens is 204 g/mol. The highest BCUT2D eigenvalue weighted by Crippen LogP contribution is 2.12. The smallest absolute Gasteiger partial charge is 0.147 e. The molecule has 1 aromatic carbocycles. The Labute approximate surface area is 96.6 Å². The number of hydrogen-bond acceptors (Lipinski definition) is 3. The van der Waals surface area contributed by atoms with Crippen LogP contribution in [0.4, 0.5) is 0 Å². The molecule has 0 spiro atoms. The molecule has 0 aliphatic heterocycles. The van der Waals surface area contributed by atoms with Crippen molar-refractivity contribution >= 4 is 0 Å². The Morgan fingerprint density at radius 3 is 2.56 bits per heavy atom. The zero-order valence-corrected chi connectivity index (χ0v) is 9.65. The lowest BCUT2D eigenvalue weighted by molar-refractivity contribution is -0.0571. The molecule has 0 fully saturated rings. The van der Waals surface area contributed by atoms with E-state index in [2.05, 4.69) is 6.58 Å². The van der Waals surface area contributed by atoms with E-state index in [-0.39, 0.29) is 0 Å². The summed E-state index contributed by atoms with van der Waals surface area (Å²) >= 11 is 0. The topological polar surface area (TPSA) is 27.7 Å². The standard InChI is InChI=1S/C13H18O3/c1-3-9-16-13-7-5-12(6-8-13)10-15-11-14-4-2/h3,5-8H,1,4,9-11H2,2H3. The first kappa shape index (κ1) is 12.7. The Bertz CT molecular complexity index is 293. The average molecular weight is 222 g/mol. The molecular formula is C13H18O3. The Hall–Kier alpha value is -1.32. The number of benzene rings is 1. The van der Waals surface area contributed by atoms with Crippen LogP contribution in [0.1, 0.15) is 12.5 Å². The van der Waals surface area contributed by atoms with Crippen molar-refractivity contribution in [1.82, 2.24) is 0 Å². The summed E-state index contributed by atoms with van der Waals surface area (Å²) in [5.41, 5.74) is 1.10. The molecule has 3 nitrogen and oxygen atoms in total. The van der Waals surface area contributed by atoms with Crippen molar-refractivity contribution in [2.45, 2.75) is 13.5 Å². The van der Waals surface area contributed by atoms with E-state index in [0.29, 0.717) is 26.6 Å². The van der Waals surface area contributed by atoms with E-state index in [1.165, 1.54) is 0 Å². The van der Waals surface area contributed by atoms with Crippen molar-refractivity contribution in [3.8, 4) is 5.75 Å². The Morgan fingerprint density at radius 1 is 1.19 bits per heavy atom. The summed E-state index contributed by atoms with van der Waals surface area (Å²) in [6, 6.07) is 7.79. The van der Waals surface area contributed by atoms with Gasteiger partial charge in [0, 0.05) is 6.61 Å². The van der Waals surface area contributed by atoms with Crippen molar-refractivity contribution in [3.05, 3.63) is 42.5 Å². The number of hydrogen-bond donors (Lipinski definition) is 0. The molecule has 0 radical (unpaired) electrons. The van der Waals surface area contributed by atoms with Gasteiger partial charge in [0.05, 0.1) is 6.61 Å². The first-order chi connectivity index (χ1) is 7.86. The fraction of sp³-hybridized carbons (Fsp3) is 0.385. The minimum atomic E-state index is 0.339. The molecule has 0 N–H and O–H groups in total. The lowest BCUT2D eigenvalue weighted by Gasteiger charge is -2.06. The van der Waals surface area contributed by atoms with Gasteiger partial charge in [0.2, 0.25) is 0 Å². The fourth-order valence-electron chi connectivity index (χ4n) is 1.14. The van der Waals surface area contributed by atoms with Gasteiger partial charge in [-0.25, -0.2) is 0 Å². The Morgan fingerprint density at radius 2 is 1.94 bits per heavy atom. The van der Waals surface area contributed by atoms with Crippen LogP contribution in [-0.4, -0.2) is 20.0 Å². The predicted molar refractivity (Wildman–Crippen MR) is 63.4 cm³/mol. The van der Waals surface area contributed by atoms with Crippen LogP contribution >= 0.6 is 0 Å². The molecule has 16 heavy (non-hydrogen) atoms. The van der Waals surface area contributed by atoms with Crippen molar-refractivity contribution in [1.29, 1.82) is 0 Å². The maximum atomic E-state index is 5.37. The molecule has 0 aromatic heterocycles.